The number of carbonyl (C=O) groups is 1. The summed E-state index contributed by atoms with van der Waals surface area (Å²) >= 11 is 1.77. The van der Waals surface area contributed by atoms with Gasteiger partial charge >= 0.3 is 5.69 Å². The minimum atomic E-state index is -0.397. The summed E-state index contributed by atoms with van der Waals surface area (Å²) in [6.45, 7) is 4.74. The van der Waals surface area contributed by atoms with Gasteiger partial charge in [-0.1, -0.05) is 6.07 Å². The summed E-state index contributed by atoms with van der Waals surface area (Å²) in [5.41, 5.74) is 0.00969. The number of hydrogen-bond donors (Lipinski definition) is 0. The Morgan fingerprint density at radius 1 is 1.13 bits per heavy atom. The van der Waals surface area contributed by atoms with Crippen LogP contribution in [0.4, 0.5) is 0 Å². The fourth-order valence-corrected chi connectivity index (χ4v) is 4.65. The van der Waals surface area contributed by atoms with Gasteiger partial charge < -0.3 is 9.47 Å². The molecule has 4 heterocycles. The van der Waals surface area contributed by atoms with Crippen LogP contribution in [-0.2, 0) is 32.0 Å². The Hall–Kier alpha value is -2.72. The lowest BCUT2D eigenvalue weighted by Gasteiger charge is -2.34. The van der Waals surface area contributed by atoms with Crippen LogP contribution in [-0.4, -0.2) is 60.6 Å². The molecule has 1 aliphatic rings. The third-order valence-electron chi connectivity index (χ3n) is 5.69. The molecule has 0 aliphatic carbocycles. The van der Waals surface area contributed by atoms with Gasteiger partial charge in [-0.3, -0.25) is 23.6 Å². The van der Waals surface area contributed by atoms with Crippen LogP contribution in [0.3, 0.4) is 0 Å². The minimum absolute atomic E-state index is 0.149. The molecule has 1 aliphatic heterocycles. The lowest BCUT2D eigenvalue weighted by molar-refractivity contribution is -0.133. The number of aryl methyl sites for hydroxylation is 2. The molecule has 4 rings (SSSR count). The van der Waals surface area contributed by atoms with Gasteiger partial charge in [0.1, 0.15) is 0 Å². The normalized spacial score (nSPS) is 15.2. The van der Waals surface area contributed by atoms with Gasteiger partial charge in [-0.05, 0) is 17.9 Å². The Morgan fingerprint density at radius 2 is 1.90 bits per heavy atom. The number of carbonyl (C=O) groups excluding carboxylic acids is 1. The summed E-state index contributed by atoms with van der Waals surface area (Å²) in [4.78, 5) is 47.0. The first-order valence-corrected chi connectivity index (χ1v) is 11.0. The van der Waals surface area contributed by atoms with E-state index < -0.39 is 5.69 Å². The molecule has 30 heavy (non-hydrogen) atoms. The van der Waals surface area contributed by atoms with Crippen molar-refractivity contribution < 1.29 is 4.79 Å². The molecule has 1 saturated heterocycles. The van der Waals surface area contributed by atoms with Gasteiger partial charge in [0, 0.05) is 64.7 Å². The molecule has 0 atom stereocenters. The lowest BCUT2D eigenvalue weighted by Crippen LogP contribution is -2.48. The fraction of sp³-hybridized carbons (Fsp3) is 0.500. The fourth-order valence-electron chi connectivity index (χ4n) is 3.90. The SMILES string of the molecule is Cn1c(=O)c2c(ncn2CCCC(=O)N2CCN(Cc3cccs3)CC2)n(C)c1=O. The minimum Gasteiger partial charge on any atom is -0.340 e. The number of hydrogen-bond acceptors (Lipinski definition) is 6. The highest BCUT2D eigenvalue weighted by molar-refractivity contribution is 7.09. The number of rotatable bonds is 6. The van der Waals surface area contributed by atoms with E-state index in [1.54, 1.807) is 29.3 Å². The van der Waals surface area contributed by atoms with Gasteiger partial charge in [-0.2, -0.15) is 0 Å². The van der Waals surface area contributed by atoms with Crippen molar-refractivity contribution in [3.8, 4) is 0 Å². The number of amides is 1. The van der Waals surface area contributed by atoms with Gasteiger partial charge in [0.25, 0.3) is 5.56 Å². The molecule has 3 aromatic rings. The zero-order valence-corrected chi connectivity index (χ0v) is 18.1. The third-order valence-corrected chi connectivity index (χ3v) is 6.55. The zero-order valence-electron chi connectivity index (χ0n) is 17.3. The smallest absolute Gasteiger partial charge is 0.332 e. The molecule has 10 heteroatoms. The summed E-state index contributed by atoms with van der Waals surface area (Å²) in [7, 11) is 3.06. The highest BCUT2D eigenvalue weighted by atomic mass is 32.1. The van der Waals surface area contributed by atoms with Crippen LogP contribution in [0.25, 0.3) is 11.2 Å². The summed E-state index contributed by atoms with van der Waals surface area (Å²) < 4.78 is 4.19. The maximum absolute atomic E-state index is 12.6. The average Bonchev–Trinajstić information content (AvgIpc) is 3.41. The van der Waals surface area contributed by atoms with Crippen molar-refractivity contribution in [3.05, 3.63) is 49.6 Å². The second-order valence-corrected chi connectivity index (χ2v) is 8.69. The molecule has 3 aromatic heterocycles. The molecule has 0 spiro atoms. The number of nitrogens with zero attached hydrogens (tertiary/aromatic N) is 6. The van der Waals surface area contributed by atoms with Crippen LogP contribution in [0, 0.1) is 0 Å². The van der Waals surface area contributed by atoms with Crippen molar-refractivity contribution in [1.82, 2.24) is 28.5 Å². The van der Waals surface area contributed by atoms with E-state index in [0.717, 1.165) is 37.3 Å². The lowest BCUT2D eigenvalue weighted by atomic mass is 10.2. The van der Waals surface area contributed by atoms with Crippen LogP contribution in [0.5, 0.6) is 0 Å². The summed E-state index contributed by atoms with van der Waals surface area (Å²) in [5, 5.41) is 2.09. The summed E-state index contributed by atoms with van der Waals surface area (Å²) in [6, 6.07) is 4.21. The Balaban J connectivity index is 1.31. The topological polar surface area (TPSA) is 85.4 Å². The van der Waals surface area contributed by atoms with Gasteiger partial charge in [0.2, 0.25) is 5.91 Å². The van der Waals surface area contributed by atoms with E-state index in [1.165, 1.54) is 16.5 Å². The monoisotopic (exact) mass is 430 g/mol. The number of piperazine rings is 1. The van der Waals surface area contributed by atoms with E-state index in [1.807, 2.05) is 4.90 Å². The molecule has 0 aromatic carbocycles. The van der Waals surface area contributed by atoms with Crippen molar-refractivity contribution in [1.29, 1.82) is 0 Å². The van der Waals surface area contributed by atoms with Crippen LogP contribution < -0.4 is 11.2 Å². The molecule has 9 nitrogen and oxygen atoms in total. The maximum Gasteiger partial charge on any atom is 0.332 e. The molecular formula is C20H26N6O3S. The van der Waals surface area contributed by atoms with Gasteiger partial charge in [0.05, 0.1) is 6.33 Å². The molecule has 160 valence electrons. The van der Waals surface area contributed by atoms with Crippen LogP contribution >= 0.6 is 11.3 Å². The summed E-state index contributed by atoms with van der Waals surface area (Å²) in [6.07, 6.45) is 2.61. The second kappa shape index (κ2) is 8.57. The van der Waals surface area contributed by atoms with E-state index in [9.17, 15) is 14.4 Å². The predicted molar refractivity (Wildman–Crippen MR) is 116 cm³/mol. The molecule has 0 bridgehead atoms. The molecule has 0 unspecified atom stereocenters. The number of imidazole rings is 1. The Bertz CT molecular complexity index is 1150. The molecule has 1 amide bonds. The van der Waals surface area contributed by atoms with Crippen LogP contribution in [0.2, 0.25) is 0 Å². The van der Waals surface area contributed by atoms with Gasteiger partial charge in [-0.25, -0.2) is 9.78 Å². The molecule has 1 fully saturated rings. The zero-order chi connectivity index (χ0) is 21.3. The van der Waals surface area contributed by atoms with Gasteiger partial charge in [0.15, 0.2) is 11.2 Å². The number of fused-ring (bicyclic) bond motifs is 1. The number of thiophene rings is 1. The van der Waals surface area contributed by atoms with Gasteiger partial charge in [-0.15, -0.1) is 11.3 Å². The molecule has 0 N–H and O–H groups in total. The number of aromatic nitrogens is 4. The van der Waals surface area contributed by atoms with E-state index in [0.29, 0.717) is 30.6 Å². The standard InChI is InChI=1S/C20H26N6O3S/c1-22-18-17(19(28)23(2)20(22)29)26(14-21-18)7-3-6-16(27)25-10-8-24(9-11-25)13-15-5-4-12-30-15/h4-5,12,14H,3,6-11,13H2,1-2H3. The first-order valence-electron chi connectivity index (χ1n) is 10.1. The Labute approximate surface area is 177 Å². The average molecular weight is 431 g/mol. The maximum atomic E-state index is 12.6. The first-order chi connectivity index (χ1) is 14.5. The van der Waals surface area contributed by atoms with Crippen molar-refractivity contribution in [2.75, 3.05) is 26.2 Å². The van der Waals surface area contributed by atoms with Crippen molar-refractivity contribution in [2.45, 2.75) is 25.9 Å². The largest absolute Gasteiger partial charge is 0.340 e. The van der Waals surface area contributed by atoms with Crippen LogP contribution in [0.15, 0.2) is 33.4 Å². The van der Waals surface area contributed by atoms with Crippen molar-refractivity contribution >= 4 is 28.4 Å². The highest BCUT2D eigenvalue weighted by Gasteiger charge is 2.21. The van der Waals surface area contributed by atoms with E-state index >= 15 is 0 Å². The molecular weight excluding hydrogens is 404 g/mol. The predicted octanol–water partition coefficient (Wildman–Crippen LogP) is 0.620. The van der Waals surface area contributed by atoms with E-state index in [2.05, 4.69) is 27.4 Å². The summed E-state index contributed by atoms with van der Waals surface area (Å²) in [5.74, 6) is 0.149. The van der Waals surface area contributed by atoms with Crippen molar-refractivity contribution in [2.24, 2.45) is 14.1 Å². The second-order valence-electron chi connectivity index (χ2n) is 7.66. The molecule has 0 radical (unpaired) electrons. The Morgan fingerprint density at radius 3 is 2.60 bits per heavy atom. The third kappa shape index (κ3) is 3.97. The quantitative estimate of drug-likeness (QED) is 0.572. The van der Waals surface area contributed by atoms with E-state index in [4.69, 9.17) is 0 Å². The molecule has 0 saturated carbocycles. The van der Waals surface area contributed by atoms with Crippen molar-refractivity contribution in [3.63, 3.8) is 0 Å². The highest BCUT2D eigenvalue weighted by Crippen LogP contribution is 2.14. The van der Waals surface area contributed by atoms with Crippen LogP contribution in [0.1, 0.15) is 17.7 Å². The Kier molecular flexibility index (Phi) is 5.87. The van der Waals surface area contributed by atoms with E-state index in [-0.39, 0.29) is 11.5 Å². The first kappa shape index (κ1) is 20.5.